The van der Waals surface area contributed by atoms with E-state index in [1.165, 1.54) is 9.90 Å². The summed E-state index contributed by atoms with van der Waals surface area (Å²) < 4.78 is 0. The molecule has 0 saturated carbocycles. The molecule has 0 radical (unpaired) electrons. The van der Waals surface area contributed by atoms with E-state index in [2.05, 4.69) is 23.3 Å². The van der Waals surface area contributed by atoms with Crippen molar-refractivity contribution in [3.63, 3.8) is 0 Å². The molecule has 1 unspecified atom stereocenters. The highest BCUT2D eigenvalue weighted by molar-refractivity contribution is 7.99. The number of aliphatic hydroxyl groups is 1. The molecule has 0 amide bonds. The van der Waals surface area contributed by atoms with Crippen LogP contribution in [0.5, 0.6) is 0 Å². The van der Waals surface area contributed by atoms with Gasteiger partial charge in [-0.25, -0.2) is 0 Å². The SMILES string of the molecule is CNCC(O)c1cc2c(s1)N(C)CCS2. The number of anilines is 1. The van der Waals surface area contributed by atoms with Crippen LogP contribution < -0.4 is 10.2 Å². The lowest BCUT2D eigenvalue weighted by Crippen LogP contribution is -2.22. The zero-order valence-corrected chi connectivity index (χ0v) is 10.6. The quantitative estimate of drug-likeness (QED) is 0.845. The Labute approximate surface area is 98.5 Å². The number of rotatable bonds is 3. The Bertz CT molecular complexity index is 340. The van der Waals surface area contributed by atoms with Crippen molar-refractivity contribution >= 4 is 28.1 Å². The second kappa shape index (κ2) is 4.74. The van der Waals surface area contributed by atoms with Crippen LogP contribution in [0.3, 0.4) is 0 Å². The molecule has 5 heteroatoms. The maximum absolute atomic E-state index is 9.88. The van der Waals surface area contributed by atoms with Gasteiger partial charge in [-0.2, -0.15) is 0 Å². The van der Waals surface area contributed by atoms with Gasteiger partial charge in [0.1, 0.15) is 11.1 Å². The van der Waals surface area contributed by atoms with E-state index < -0.39 is 0 Å². The first kappa shape index (κ1) is 11.3. The van der Waals surface area contributed by atoms with Gasteiger partial charge in [-0.05, 0) is 13.1 Å². The second-order valence-electron chi connectivity index (χ2n) is 3.66. The molecule has 1 aromatic rings. The molecule has 2 heterocycles. The van der Waals surface area contributed by atoms with E-state index in [-0.39, 0.29) is 6.10 Å². The van der Waals surface area contributed by atoms with Gasteiger partial charge >= 0.3 is 0 Å². The summed E-state index contributed by atoms with van der Waals surface area (Å²) in [6, 6.07) is 2.13. The van der Waals surface area contributed by atoms with E-state index in [1.54, 1.807) is 11.3 Å². The topological polar surface area (TPSA) is 35.5 Å². The smallest absolute Gasteiger partial charge is 0.105 e. The van der Waals surface area contributed by atoms with Crippen LogP contribution in [-0.4, -0.2) is 38.0 Å². The molecule has 0 saturated heterocycles. The Hall–Kier alpha value is -0.230. The summed E-state index contributed by atoms with van der Waals surface area (Å²) in [6.45, 7) is 1.72. The molecule has 1 aliphatic heterocycles. The van der Waals surface area contributed by atoms with Gasteiger partial charge in [0.2, 0.25) is 0 Å². The summed E-state index contributed by atoms with van der Waals surface area (Å²) in [4.78, 5) is 4.65. The van der Waals surface area contributed by atoms with Crippen LogP contribution in [0.1, 0.15) is 11.0 Å². The van der Waals surface area contributed by atoms with E-state index in [0.717, 1.165) is 17.2 Å². The number of thioether (sulfide) groups is 1. The maximum Gasteiger partial charge on any atom is 0.105 e. The molecule has 84 valence electrons. The minimum absolute atomic E-state index is 0.375. The van der Waals surface area contributed by atoms with Gasteiger partial charge in [0.05, 0.1) is 0 Å². The fraction of sp³-hybridized carbons (Fsp3) is 0.600. The van der Waals surface area contributed by atoms with Gasteiger partial charge in [0, 0.05) is 35.7 Å². The van der Waals surface area contributed by atoms with E-state index in [1.807, 2.05) is 18.8 Å². The number of nitrogens with one attached hydrogen (secondary N) is 1. The van der Waals surface area contributed by atoms with Crippen LogP contribution in [0, 0.1) is 0 Å². The van der Waals surface area contributed by atoms with Crippen molar-refractivity contribution in [3.05, 3.63) is 10.9 Å². The standard InChI is InChI=1S/C10H16N2OS2/c1-11-6-7(13)8-5-9-10(15-8)12(2)3-4-14-9/h5,7,11,13H,3-4,6H2,1-2H3. The average molecular weight is 244 g/mol. The molecule has 1 aromatic heterocycles. The summed E-state index contributed by atoms with van der Waals surface area (Å²) >= 11 is 3.59. The Morgan fingerprint density at radius 1 is 1.67 bits per heavy atom. The highest BCUT2D eigenvalue weighted by Crippen LogP contribution is 2.42. The lowest BCUT2D eigenvalue weighted by Gasteiger charge is -2.23. The maximum atomic E-state index is 9.88. The molecule has 0 fully saturated rings. The van der Waals surface area contributed by atoms with Gasteiger partial charge in [-0.3, -0.25) is 0 Å². The number of fused-ring (bicyclic) bond motifs is 1. The number of thiophene rings is 1. The molecule has 0 bridgehead atoms. The molecule has 2 N–H and O–H groups in total. The van der Waals surface area contributed by atoms with Crippen LogP contribution in [0.4, 0.5) is 5.00 Å². The molecule has 0 aliphatic carbocycles. The molecule has 3 nitrogen and oxygen atoms in total. The number of nitrogens with zero attached hydrogens (tertiary/aromatic N) is 1. The van der Waals surface area contributed by atoms with Crippen LogP contribution in [-0.2, 0) is 0 Å². The third-order valence-corrected chi connectivity index (χ3v) is 4.94. The van der Waals surface area contributed by atoms with Crippen molar-refractivity contribution in [1.29, 1.82) is 0 Å². The van der Waals surface area contributed by atoms with E-state index >= 15 is 0 Å². The second-order valence-corrected chi connectivity index (χ2v) is 5.86. The number of hydrogen-bond acceptors (Lipinski definition) is 5. The summed E-state index contributed by atoms with van der Waals surface area (Å²) in [5.74, 6) is 1.14. The minimum atomic E-state index is -0.375. The lowest BCUT2D eigenvalue weighted by atomic mass is 10.3. The summed E-state index contributed by atoms with van der Waals surface area (Å²) in [5, 5.41) is 14.2. The van der Waals surface area contributed by atoms with Gasteiger partial charge in [-0.15, -0.1) is 23.1 Å². The molecule has 2 rings (SSSR count). The lowest BCUT2D eigenvalue weighted by molar-refractivity contribution is 0.181. The highest BCUT2D eigenvalue weighted by Gasteiger charge is 2.20. The van der Waals surface area contributed by atoms with Crippen molar-refractivity contribution in [2.75, 3.05) is 37.8 Å². The zero-order chi connectivity index (χ0) is 10.8. The monoisotopic (exact) mass is 244 g/mol. The third-order valence-electron chi connectivity index (χ3n) is 2.46. The third kappa shape index (κ3) is 2.30. The predicted octanol–water partition coefficient (Wildman–Crippen LogP) is 1.54. The van der Waals surface area contributed by atoms with Crippen molar-refractivity contribution < 1.29 is 5.11 Å². The van der Waals surface area contributed by atoms with Crippen LogP contribution >= 0.6 is 23.1 Å². The summed E-state index contributed by atoms with van der Waals surface area (Å²) in [6.07, 6.45) is -0.375. The predicted molar refractivity (Wildman–Crippen MR) is 67.2 cm³/mol. The Morgan fingerprint density at radius 2 is 2.47 bits per heavy atom. The van der Waals surface area contributed by atoms with Crippen LogP contribution in [0.15, 0.2) is 11.0 Å². The Balaban J connectivity index is 2.21. The number of hydrogen-bond donors (Lipinski definition) is 2. The Morgan fingerprint density at radius 3 is 3.13 bits per heavy atom. The molecular formula is C10H16N2OS2. The summed E-state index contributed by atoms with van der Waals surface area (Å²) in [5.41, 5.74) is 0. The molecule has 1 aliphatic rings. The normalized spacial score (nSPS) is 17.7. The van der Waals surface area contributed by atoms with Crippen molar-refractivity contribution in [2.24, 2.45) is 0 Å². The fourth-order valence-corrected chi connectivity index (χ4v) is 4.08. The molecule has 1 atom stereocenters. The van der Waals surface area contributed by atoms with E-state index in [9.17, 15) is 5.11 Å². The summed E-state index contributed by atoms with van der Waals surface area (Å²) in [7, 11) is 3.97. The van der Waals surface area contributed by atoms with Crippen molar-refractivity contribution in [3.8, 4) is 0 Å². The van der Waals surface area contributed by atoms with Crippen molar-refractivity contribution in [1.82, 2.24) is 5.32 Å². The molecular weight excluding hydrogens is 228 g/mol. The first-order chi connectivity index (χ1) is 7.22. The van der Waals surface area contributed by atoms with Crippen LogP contribution in [0.2, 0.25) is 0 Å². The average Bonchev–Trinajstić information content (AvgIpc) is 2.63. The largest absolute Gasteiger partial charge is 0.386 e. The van der Waals surface area contributed by atoms with Crippen LogP contribution in [0.25, 0.3) is 0 Å². The fourth-order valence-electron chi connectivity index (χ4n) is 1.60. The van der Waals surface area contributed by atoms with Crippen molar-refractivity contribution in [2.45, 2.75) is 11.0 Å². The first-order valence-corrected chi connectivity index (χ1v) is 6.83. The van der Waals surface area contributed by atoms with Gasteiger partial charge in [0.25, 0.3) is 0 Å². The Kier molecular flexibility index (Phi) is 3.56. The van der Waals surface area contributed by atoms with Gasteiger partial charge < -0.3 is 15.3 Å². The van der Waals surface area contributed by atoms with Gasteiger partial charge in [0.15, 0.2) is 0 Å². The number of likely N-dealkylation sites (N-methyl/N-ethyl adjacent to an activating group) is 1. The minimum Gasteiger partial charge on any atom is -0.386 e. The zero-order valence-electron chi connectivity index (χ0n) is 8.99. The van der Waals surface area contributed by atoms with E-state index in [4.69, 9.17) is 0 Å². The first-order valence-electron chi connectivity index (χ1n) is 5.02. The van der Waals surface area contributed by atoms with Gasteiger partial charge in [-0.1, -0.05) is 0 Å². The van der Waals surface area contributed by atoms with E-state index in [0.29, 0.717) is 6.54 Å². The molecule has 0 aromatic carbocycles. The number of aliphatic hydroxyl groups excluding tert-OH is 1. The molecule has 0 spiro atoms. The molecule has 15 heavy (non-hydrogen) atoms. The highest BCUT2D eigenvalue weighted by atomic mass is 32.2.